The normalized spacial score (nSPS) is 16.1. The fraction of sp³-hybridized carbons (Fsp3) is 0.500. The van der Waals surface area contributed by atoms with Crippen LogP contribution in [0.2, 0.25) is 0 Å². The van der Waals surface area contributed by atoms with Crippen molar-refractivity contribution in [3.05, 3.63) is 35.3 Å². The first-order chi connectivity index (χ1) is 12.4. The number of rotatable bonds is 5. The summed E-state index contributed by atoms with van der Waals surface area (Å²) >= 11 is 1.50. The minimum absolute atomic E-state index is 0. The van der Waals surface area contributed by atoms with Crippen molar-refractivity contribution in [1.29, 1.82) is 0 Å². The average Bonchev–Trinajstić information content (AvgIpc) is 3.11. The standard InChI is InChI=1S/C20H27N3O2S.ClH/c1-13(2)25-17-6-4-16(5-7-17)19-22-18(12-26-19)20(24)23-10-8-15(9-11-23)14(3)21;/h4-7,12-15H,8-11,21H2,1-3H3;1H. The van der Waals surface area contributed by atoms with Gasteiger partial charge in [0.25, 0.3) is 5.91 Å². The Morgan fingerprint density at radius 2 is 1.85 bits per heavy atom. The molecule has 1 unspecified atom stereocenters. The van der Waals surface area contributed by atoms with E-state index in [0.717, 1.165) is 42.3 Å². The largest absolute Gasteiger partial charge is 0.491 e. The maximum absolute atomic E-state index is 12.7. The van der Waals surface area contributed by atoms with Crippen LogP contribution in [0.1, 0.15) is 44.1 Å². The van der Waals surface area contributed by atoms with Crippen molar-refractivity contribution in [1.82, 2.24) is 9.88 Å². The van der Waals surface area contributed by atoms with E-state index in [1.807, 2.05) is 55.3 Å². The number of carbonyl (C=O) groups is 1. The SMILES string of the molecule is CC(C)Oc1ccc(-c2nc(C(=O)N3CCC(C(C)N)CC3)cs2)cc1.Cl. The van der Waals surface area contributed by atoms with Crippen molar-refractivity contribution in [2.45, 2.75) is 45.8 Å². The maximum atomic E-state index is 12.7. The maximum Gasteiger partial charge on any atom is 0.273 e. The first kappa shape index (κ1) is 21.7. The molecule has 1 atom stereocenters. The molecule has 7 heteroatoms. The smallest absolute Gasteiger partial charge is 0.273 e. The van der Waals surface area contributed by atoms with Crippen LogP contribution in [0.5, 0.6) is 5.75 Å². The summed E-state index contributed by atoms with van der Waals surface area (Å²) in [5.74, 6) is 1.38. The summed E-state index contributed by atoms with van der Waals surface area (Å²) in [6, 6.07) is 8.05. The molecule has 0 bridgehead atoms. The Hall–Kier alpha value is -1.63. The third-order valence-electron chi connectivity index (χ3n) is 4.77. The van der Waals surface area contributed by atoms with Crippen LogP contribution in [-0.4, -0.2) is 41.0 Å². The van der Waals surface area contributed by atoms with Crippen molar-refractivity contribution in [2.75, 3.05) is 13.1 Å². The summed E-state index contributed by atoms with van der Waals surface area (Å²) in [4.78, 5) is 19.2. The molecule has 1 aliphatic heterocycles. The second-order valence-corrected chi connectivity index (χ2v) is 8.08. The third-order valence-corrected chi connectivity index (χ3v) is 5.66. The number of carbonyl (C=O) groups excluding carboxylic acids is 1. The Kier molecular flexibility index (Phi) is 7.65. The van der Waals surface area contributed by atoms with Crippen LogP contribution in [0.3, 0.4) is 0 Å². The van der Waals surface area contributed by atoms with E-state index < -0.39 is 0 Å². The lowest BCUT2D eigenvalue weighted by Crippen LogP contribution is -2.42. The molecule has 1 amide bonds. The van der Waals surface area contributed by atoms with Crippen LogP contribution in [0, 0.1) is 5.92 Å². The highest BCUT2D eigenvalue weighted by atomic mass is 35.5. The second kappa shape index (κ2) is 9.53. The molecule has 27 heavy (non-hydrogen) atoms. The van der Waals surface area contributed by atoms with Gasteiger partial charge in [-0.2, -0.15) is 0 Å². The number of thiazole rings is 1. The molecule has 0 saturated carbocycles. The molecule has 2 heterocycles. The number of benzene rings is 1. The van der Waals surface area contributed by atoms with Gasteiger partial charge in [-0.15, -0.1) is 23.7 Å². The summed E-state index contributed by atoms with van der Waals surface area (Å²) in [6.45, 7) is 7.58. The van der Waals surface area contributed by atoms with Crippen LogP contribution in [0.15, 0.2) is 29.6 Å². The zero-order valence-corrected chi connectivity index (χ0v) is 17.7. The van der Waals surface area contributed by atoms with Crippen LogP contribution >= 0.6 is 23.7 Å². The summed E-state index contributed by atoms with van der Waals surface area (Å²) < 4.78 is 5.67. The van der Waals surface area contributed by atoms with E-state index >= 15 is 0 Å². The van der Waals surface area contributed by atoms with Crippen molar-refractivity contribution in [3.63, 3.8) is 0 Å². The van der Waals surface area contributed by atoms with E-state index in [9.17, 15) is 4.79 Å². The molecule has 3 rings (SSSR count). The Morgan fingerprint density at radius 1 is 1.22 bits per heavy atom. The van der Waals surface area contributed by atoms with E-state index in [0.29, 0.717) is 11.6 Å². The molecule has 0 spiro atoms. The molecule has 5 nitrogen and oxygen atoms in total. The van der Waals surface area contributed by atoms with Gasteiger partial charge >= 0.3 is 0 Å². The molecule has 0 radical (unpaired) electrons. The number of nitrogens with two attached hydrogens (primary N) is 1. The highest BCUT2D eigenvalue weighted by Crippen LogP contribution is 2.27. The highest BCUT2D eigenvalue weighted by molar-refractivity contribution is 7.13. The van der Waals surface area contributed by atoms with Crippen LogP contribution < -0.4 is 10.5 Å². The highest BCUT2D eigenvalue weighted by Gasteiger charge is 2.26. The minimum atomic E-state index is 0. The van der Waals surface area contributed by atoms with Gasteiger partial charge in [-0.25, -0.2) is 4.98 Å². The lowest BCUT2D eigenvalue weighted by Gasteiger charge is -2.33. The molecule has 148 valence electrons. The first-order valence-electron chi connectivity index (χ1n) is 9.21. The van der Waals surface area contributed by atoms with Crippen LogP contribution in [0.25, 0.3) is 10.6 Å². The Morgan fingerprint density at radius 3 is 2.41 bits per heavy atom. The number of amides is 1. The Balaban J connectivity index is 0.00000261. The molecule has 2 N–H and O–H groups in total. The number of likely N-dealkylation sites (tertiary alicyclic amines) is 1. The average molecular weight is 410 g/mol. The molecule has 1 aromatic heterocycles. The van der Waals surface area contributed by atoms with E-state index in [2.05, 4.69) is 4.98 Å². The van der Waals surface area contributed by atoms with Crippen LogP contribution in [-0.2, 0) is 0 Å². The fourth-order valence-corrected chi connectivity index (χ4v) is 4.04. The van der Waals surface area contributed by atoms with Gasteiger partial charge < -0.3 is 15.4 Å². The van der Waals surface area contributed by atoms with E-state index in [-0.39, 0.29) is 30.5 Å². The number of ether oxygens (including phenoxy) is 1. The lowest BCUT2D eigenvalue weighted by atomic mass is 9.91. The van der Waals surface area contributed by atoms with Crippen molar-refractivity contribution < 1.29 is 9.53 Å². The monoisotopic (exact) mass is 409 g/mol. The zero-order chi connectivity index (χ0) is 18.7. The van der Waals surface area contributed by atoms with Crippen molar-refractivity contribution in [3.8, 4) is 16.3 Å². The molecule has 2 aromatic rings. The first-order valence-corrected chi connectivity index (χ1v) is 10.1. The van der Waals surface area contributed by atoms with Gasteiger partial charge in [0.1, 0.15) is 16.5 Å². The van der Waals surface area contributed by atoms with Gasteiger partial charge in [-0.3, -0.25) is 4.79 Å². The summed E-state index contributed by atoms with van der Waals surface area (Å²) in [5, 5.41) is 2.71. The lowest BCUT2D eigenvalue weighted by molar-refractivity contribution is 0.0676. The number of halogens is 1. The number of nitrogens with zero attached hydrogens (tertiary/aromatic N) is 2. The number of piperidine rings is 1. The summed E-state index contributed by atoms with van der Waals surface area (Å²) in [5.41, 5.74) is 7.52. The van der Waals surface area contributed by atoms with E-state index in [1.54, 1.807) is 0 Å². The predicted octanol–water partition coefficient (Wildman–Crippen LogP) is 4.22. The quantitative estimate of drug-likeness (QED) is 0.802. The van der Waals surface area contributed by atoms with Crippen molar-refractivity contribution in [2.24, 2.45) is 11.7 Å². The van der Waals surface area contributed by atoms with Gasteiger partial charge in [0.15, 0.2) is 0 Å². The van der Waals surface area contributed by atoms with Gasteiger partial charge in [-0.05, 0) is 63.8 Å². The number of hydrogen-bond donors (Lipinski definition) is 1. The minimum Gasteiger partial charge on any atom is -0.491 e. The third kappa shape index (κ3) is 5.43. The molecule has 1 fully saturated rings. The van der Waals surface area contributed by atoms with Gasteiger partial charge in [0, 0.05) is 30.1 Å². The predicted molar refractivity (Wildman–Crippen MR) is 113 cm³/mol. The Labute approximate surface area is 171 Å². The molecular formula is C20H28ClN3O2S. The number of aromatic nitrogens is 1. The van der Waals surface area contributed by atoms with Crippen molar-refractivity contribution >= 4 is 29.7 Å². The topological polar surface area (TPSA) is 68.5 Å². The number of hydrogen-bond acceptors (Lipinski definition) is 5. The zero-order valence-electron chi connectivity index (χ0n) is 16.1. The molecule has 1 saturated heterocycles. The summed E-state index contributed by atoms with van der Waals surface area (Å²) in [6.07, 6.45) is 2.09. The fourth-order valence-electron chi connectivity index (χ4n) is 3.24. The summed E-state index contributed by atoms with van der Waals surface area (Å²) in [7, 11) is 0. The van der Waals surface area contributed by atoms with Gasteiger partial charge in [-0.1, -0.05) is 0 Å². The second-order valence-electron chi connectivity index (χ2n) is 7.22. The molecule has 0 aliphatic carbocycles. The van der Waals surface area contributed by atoms with E-state index in [4.69, 9.17) is 10.5 Å². The molecular weight excluding hydrogens is 382 g/mol. The van der Waals surface area contributed by atoms with Gasteiger partial charge in [0.2, 0.25) is 0 Å². The molecule has 1 aliphatic rings. The van der Waals surface area contributed by atoms with Crippen LogP contribution in [0.4, 0.5) is 0 Å². The Bertz CT molecular complexity index is 738. The van der Waals surface area contributed by atoms with Gasteiger partial charge in [0.05, 0.1) is 6.10 Å². The molecule has 1 aromatic carbocycles. The van der Waals surface area contributed by atoms with E-state index in [1.165, 1.54) is 11.3 Å².